The van der Waals surface area contributed by atoms with Crippen LogP contribution in [-0.2, 0) is 11.2 Å². The third-order valence-electron chi connectivity index (χ3n) is 2.78. The number of rotatable bonds is 5. The van der Waals surface area contributed by atoms with Crippen LogP contribution in [0, 0.1) is 0 Å². The molecule has 0 aromatic heterocycles. The van der Waals surface area contributed by atoms with Crippen molar-refractivity contribution in [1.29, 1.82) is 0 Å². The summed E-state index contributed by atoms with van der Waals surface area (Å²) in [5.41, 5.74) is 7.11. The fourth-order valence-electron chi connectivity index (χ4n) is 1.62. The first kappa shape index (κ1) is 13.5. The molecule has 0 saturated heterocycles. The highest BCUT2D eigenvalue weighted by atomic mass is 16.1. The quantitative estimate of drug-likeness (QED) is 0.784. The number of likely N-dealkylation sites (N-methyl/N-ethyl adjacent to an activating group) is 1. The summed E-state index contributed by atoms with van der Waals surface area (Å²) in [7, 11) is 4.00. The SMILES string of the molecule is CC(=CC(Cc1ccccc1)N(C)C)C(N)=O. The van der Waals surface area contributed by atoms with E-state index in [4.69, 9.17) is 5.73 Å². The molecule has 92 valence electrons. The molecule has 3 heteroatoms. The Hall–Kier alpha value is -1.61. The van der Waals surface area contributed by atoms with Gasteiger partial charge in [0.15, 0.2) is 0 Å². The number of benzene rings is 1. The van der Waals surface area contributed by atoms with Crippen LogP contribution in [0.5, 0.6) is 0 Å². The average molecular weight is 232 g/mol. The number of carbonyl (C=O) groups excluding carboxylic acids is 1. The second kappa shape index (κ2) is 6.21. The zero-order valence-corrected chi connectivity index (χ0v) is 10.7. The van der Waals surface area contributed by atoms with Crippen LogP contribution in [0.15, 0.2) is 42.0 Å². The third kappa shape index (κ3) is 4.41. The Bertz CT molecular complexity index is 396. The van der Waals surface area contributed by atoms with Crippen molar-refractivity contribution < 1.29 is 4.79 Å². The number of primary amides is 1. The molecular formula is C14H20N2O. The number of nitrogens with two attached hydrogens (primary N) is 1. The van der Waals surface area contributed by atoms with Crippen LogP contribution in [0.3, 0.4) is 0 Å². The van der Waals surface area contributed by atoms with E-state index in [1.807, 2.05) is 38.4 Å². The second-order valence-corrected chi connectivity index (χ2v) is 4.43. The summed E-state index contributed by atoms with van der Waals surface area (Å²) in [4.78, 5) is 13.1. The Morgan fingerprint density at radius 1 is 1.35 bits per heavy atom. The second-order valence-electron chi connectivity index (χ2n) is 4.43. The van der Waals surface area contributed by atoms with Gasteiger partial charge in [-0.05, 0) is 33.0 Å². The molecule has 3 nitrogen and oxygen atoms in total. The number of nitrogens with zero attached hydrogens (tertiary/aromatic N) is 1. The van der Waals surface area contributed by atoms with Crippen LogP contribution in [0.1, 0.15) is 12.5 Å². The summed E-state index contributed by atoms with van der Waals surface area (Å²) in [6, 6.07) is 10.4. The summed E-state index contributed by atoms with van der Waals surface area (Å²) < 4.78 is 0. The molecule has 0 heterocycles. The Balaban J connectivity index is 2.81. The molecule has 1 aromatic rings. The van der Waals surface area contributed by atoms with E-state index >= 15 is 0 Å². The minimum Gasteiger partial charge on any atom is -0.366 e. The zero-order chi connectivity index (χ0) is 12.8. The highest BCUT2D eigenvalue weighted by molar-refractivity contribution is 5.91. The molecule has 1 rings (SSSR count). The monoisotopic (exact) mass is 232 g/mol. The number of carbonyl (C=O) groups is 1. The van der Waals surface area contributed by atoms with Crippen LogP contribution >= 0.6 is 0 Å². The van der Waals surface area contributed by atoms with Gasteiger partial charge >= 0.3 is 0 Å². The first-order chi connectivity index (χ1) is 8.00. The van der Waals surface area contributed by atoms with Gasteiger partial charge < -0.3 is 10.6 Å². The fourth-order valence-corrected chi connectivity index (χ4v) is 1.62. The maximum Gasteiger partial charge on any atom is 0.244 e. The molecule has 0 fully saturated rings. The lowest BCUT2D eigenvalue weighted by atomic mass is 10.0. The van der Waals surface area contributed by atoms with Crippen LogP contribution in [0.4, 0.5) is 0 Å². The van der Waals surface area contributed by atoms with Crippen LogP contribution < -0.4 is 5.73 Å². The Labute approximate surface area is 103 Å². The molecule has 0 saturated carbocycles. The largest absolute Gasteiger partial charge is 0.366 e. The van der Waals surface area contributed by atoms with Gasteiger partial charge in [-0.15, -0.1) is 0 Å². The molecule has 1 amide bonds. The molecule has 2 N–H and O–H groups in total. The predicted octanol–water partition coefficient (Wildman–Crippen LogP) is 1.59. The summed E-state index contributed by atoms with van der Waals surface area (Å²) in [6.45, 7) is 1.75. The van der Waals surface area contributed by atoms with Crippen molar-refractivity contribution in [1.82, 2.24) is 4.90 Å². The maximum atomic E-state index is 11.0. The van der Waals surface area contributed by atoms with Gasteiger partial charge in [0.2, 0.25) is 5.91 Å². The van der Waals surface area contributed by atoms with E-state index in [0.717, 1.165) is 6.42 Å². The van der Waals surface area contributed by atoms with Crippen molar-refractivity contribution in [3.63, 3.8) is 0 Å². The average Bonchev–Trinajstić information content (AvgIpc) is 2.29. The molecule has 0 radical (unpaired) electrons. The minimum atomic E-state index is -0.357. The van der Waals surface area contributed by atoms with Gasteiger partial charge in [-0.25, -0.2) is 0 Å². The normalized spacial score (nSPS) is 13.8. The van der Waals surface area contributed by atoms with Gasteiger partial charge in [-0.1, -0.05) is 36.4 Å². The summed E-state index contributed by atoms with van der Waals surface area (Å²) in [5.74, 6) is -0.357. The number of amides is 1. The minimum absolute atomic E-state index is 0.185. The molecule has 0 aliphatic carbocycles. The van der Waals surface area contributed by atoms with Crippen molar-refractivity contribution in [3.8, 4) is 0 Å². The zero-order valence-electron chi connectivity index (χ0n) is 10.7. The third-order valence-corrected chi connectivity index (χ3v) is 2.78. The molecule has 17 heavy (non-hydrogen) atoms. The van der Waals surface area contributed by atoms with Gasteiger partial charge in [-0.2, -0.15) is 0 Å². The lowest BCUT2D eigenvalue weighted by Crippen LogP contribution is -2.29. The van der Waals surface area contributed by atoms with Crippen molar-refractivity contribution in [3.05, 3.63) is 47.5 Å². The highest BCUT2D eigenvalue weighted by Gasteiger charge is 2.11. The van der Waals surface area contributed by atoms with Gasteiger partial charge in [0.1, 0.15) is 0 Å². The summed E-state index contributed by atoms with van der Waals surface area (Å²) in [5, 5.41) is 0. The molecule has 0 spiro atoms. The molecule has 1 unspecified atom stereocenters. The summed E-state index contributed by atoms with van der Waals surface area (Å²) in [6.07, 6.45) is 2.80. The molecule has 0 aliphatic rings. The first-order valence-corrected chi connectivity index (χ1v) is 5.69. The highest BCUT2D eigenvalue weighted by Crippen LogP contribution is 2.09. The predicted molar refractivity (Wildman–Crippen MR) is 70.6 cm³/mol. The smallest absolute Gasteiger partial charge is 0.244 e. The van der Waals surface area contributed by atoms with Crippen molar-refractivity contribution in [2.45, 2.75) is 19.4 Å². The van der Waals surface area contributed by atoms with Gasteiger partial charge in [0, 0.05) is 11.6 Å². The van der Waals surface area contributed by atoms with E-state index in [0.29, 0.717) is 5.57 Å². The van der Waals surface area contributed by atoms with Crippen LogP contribution in [-0.4, -0.2) is 30.9 Å². The van der Waals surface area contributed by atoms with E-state index in [1.165, 1.54) is 5.56 Å². The van der Waals surface area contributed by atoms with E-state index in [9.17, 15) is 4.79 Å². The molecule has 1 atom stereocenters. The maximum absolute atomic E-state index is 11.0. The Morgan fingerprint density at radius 3 is 2.41 bits per heavy atom. The van der Waals surface area contributed by atoms with Crippen molar-refractivity contribution in [2.24, 2.45) is 5.73 Å². The number of hydrogen-bond donors (Lipinski definition) is 1. The lowest BCUT2D eigenvalue weighted by molar-refractivity contribution is -0.114. The van der Waals surface area contributed by atoms with Crippen molar-refractivity contribution in [2.75, 3.05) is 14.1 Å². The standard InChI is InChI=1S/C14H20N2O/c1-11(14(15)17)9-13(16(2)3)10-12-7-5-4-6-8-12/h4-9,13H,10H2,1-3H3,(H2,15,17). The van der Waals surface area contributed by atoms with Gasteiger partial charge in [0.25, 0.3) is 0 Å². The fraction of sp³-hybridized carbons (Fsp3) is 0.357. The molecular weight excluding hydrogens is 212 g/mol. The first-order valence-electron chi connectivity index (χ1n) is 5.69. The Morgan fingerprint density at radius 2 is 1.94 bits per heavy atom. The Kier molecular flexibility index (Phi) is 4.91. The molecule has 0 aliphatic heterocycles. The topological polar surface area (TPSA) is 46.3 Å². The van der Waals surface area contributed by atoms with Gasteiger partial charge in [-0.3, -0.25) is 4.79 Å². The van der Waals surface area contributed by atoms with Gasteiger partial charge in [0.05, 0.1) is 0 Å². The summed E-state index contributed by atoms with van der Waals surface area (Å²) >= 11 is 0. The van der Waals surface area contributed by atoms with E-state index in [-0.39, 0.29) is 11.9 Å². The van der Waals surface area contributed by atoms with Crippen molar-refractivity contribution >= 4 is 5.91 Å². The molecule has 1 aromatic carbocycles. The van der Waals surface area contributed by atoms with Crippen LogP contribution in [0.25, 0.3) is 0 Å². The van der Waals surface area contributed by atoms with Crippen LogP contribution in [0.2, 0.25) is 0 Å². The number of hydrogen-bond acceptors (Lipinski definition) is 2. The molecule has 0 bridgehead atoms. The van der Waals surface area contributed by atoms with E-state index in [1.54, 1.807) is 6.92 Å². The van der Waals surface area contributed by atoms with E-state index < -0.39 is 0 Å². The lowest BCUT2D eigenvalue weighted by Gasteiger charge is -2.21. The van der Waals surface area contributed by atoms with E-state index in [2.05, 4.69) is 17.0 Å².